The molecule has 2 atom stereocenters. The van der Waals surface area contributed by atoms with Crippen LogP contribution < -0.4 is 0 Å². The maximum atomic E-state index is 5.77. The van der Waals surface area contributed by atoms with E-state index >= 15 is 0 Å². The largest absolute Gasteiger partial charge is 0.478 e. The van der Waals surface area contributed by atoms with Crippen molar-refractivity contribution in [2.24, 2.45) is 16.8 Å². The highest BCUT2D eigenvalue weighted by Gasteiger charge is 2.27. The Morgan fingerprint density at radius 3 is 1.86 bits per heavy atom. The van der Waals surface area contributed by atoms with Gasteiger partial charge in [-0.15, -0.1) is 0 Å². The van der Waals surface area contributed by atoms with E-state index in [9.17, 15) is 0 Å². The van der Waals surface area contributed by atoms with Crippen molar-refractivity contribution in [2.45, 2.75) is 142 Å². The third kappa shape index (κ3) is 9.79. The molecule has 0 amide bonds. The van der Waals surface area contributed by atoms with Crippen LogP contribution in [0, 0.1) is 11.8 Å². The van der Waals surface area contributed by atoms with E-state index in [0.29, 0.717) is 0 Å². The van der Waals surface area contributed by atoms with E-state index in [1.807, 2.05) is 0 Å². The maximum Gasteiger partial charge on any atom is 0.183 e. The van der Waals surface area contributed by atoms with E-state index in [4.69, 9.17) is 9.73 Å². The highest BCUT2D eigenvalue weighted by atomic mass is 16.5. The SMILES string of the molecule is CCCCCCCCCCCCC1CCCCC1CCCC1=NC(C)(C)CO1. The van der Waals surface area contributed by atoms with Crippen LogP contribution in [0.2, 0.25) is 0 Å². The van der Waals surface area contributed by atoms with Gasteiger partial charge in [0.05, 0.1) is 5.54 Å². The van der Waals surface area contributed by atoms with Gasteiger partial charge in [0.15, 0.2) is 5.90 Å². The molecule has 2 nitrogen and oxygen atoms in total. The Bertz CT molecular complexity index is 428. The summed E-state index contributed by atoms with van der Waals surface area (Å²) in [5.41, 5.74) is 0.0121. The minimum absolute atomic E-state index is 0.0121. The molecule has 28 heavy (non-hydrogen) atoms. The predicted molar refractivity (Wildman–Crippen MR) is 123 cm³/mol. The molecule has 0 aromatic rings. The lowest BCUT2D eigenvalue weighted by Crippen LogP contribution is -2.20. The lowest BCUT2D eigenvalue weighted by Gasteiger charge is -2.32. The zero-order valence-corrected chi connectivity index (χ0v) is 19.4. The lowest BCUT2D eigenvalue weighted by atomic mass is 9.74. The summed E-state index contributed by atoms with van der Waals surface area (Å²) < 4.78 is 5.77. The van der Waals surface area contributed by atoms with Crippen LogP contribution in [-0.4, -0.2) is 18.0 Å². The monoisotopic (exact) mass is 391 g/mol. The molecule has 1 saturated carbocycles. The van der Waals surface area contributed by atoms with Gasteiger partial charge in [-0.3, -0.25) is 0 Å². The van der Waals surface area contributed by atoms with Crippen LogP contribution in [0.1, 0.15) is 136 Å². The molecular weight excluding hydrogens is 342 g/mol. The smallest absolute Gasteiger partial charge is 0.183 e. The summed E-state index contributed by atoms with van der Waals surface area (Å²) in [5, 5.41) is 0. The molecule has 0 spiro atoms. The first kappa shape index (κ1) is 23.7. The standard InChI is InChI=1S/C26H49NO/c1-4-5-6-7-8-9-10-11-12-13-17-23-18-14-15-19-24(23)20-16-21-25-27-26(2,3)22-28-25/h23-24H,4-22H2,1-3H3. The molecule has 164 valence electrons. The van der Waals surface area contributed by atoms with Crippen LogP contribution in [0.4, 0.5) is 0 Å². The van der Waals surface area contributed by atoms with E-state index in [1.54, 1.807) is 0 Å². The third-order valence-electron chi connectivity index (χ3n) is 6.98. The van der Waals surface area contributed by atoms with Gasteiger partial charge in [-0.05, 0) is 38.5 Å². The highest BCUT2D eigenvalue weighted by Crippen LogP contribution is 2.37. The van der Waals surface area contributed by atoms with Crippen molar-refractivity contribution in [1.82, 2.24) is 0 Å². The van der Waals surface area contributed by atoms with E-state index in [1.165, 1.54) is 109 Å². The Hall–Kier alpha value is -0.530. The molecular formula is C26H49NO. The fraction of sp³-hybridized carbons (Fsp3) is 0.962. The fourth-order valence-corrected chi connectivity index (χ4v) is 5.24. The van der Waals surface area contributed by atoms with Crippen molar-refractivity contribution in [3.05, 3.63) is 0 Å². The molecule has 2 aliphatic rings. The second kappa shape index (κ2) is 13.6. The quantitative estimate of drug-likeness (QED) is 0.256. The average Bonchev–Trinajstić information content (AvgIpc) is 3.03. The summed E-state index contributed by atoms with van der Waals surface area (Å²) >= 11 is 0. The molecule has 1 aliphatic carbocycles. The molecule has 0 radical (unpaired) electrons. The van der Waals surface area contributed by atoms with E-state index < -0.39 is 0 Å². The number of rotatable bonds is 15. The molecule has 1 heterocycles. The minimum Gasteiger partial charge on any atom is -0.478 e. The number of ether oxygens (including phenoxy) is 1. The minimum atomic E-state index is 0.0121. The molecule has 0 N–H and O–H groups in total. The first-order valence-corrected chi connectivity index (χ1v) is 12.8. The first-order chi connectivity index (χ1) is 13.6. The van der Waals surface area contributed by atoms with Crippen molar-refractivity contribution >= 4 is 5.90 Å². The van der Waals surface area contributed by atoms with Gasteiger partial charge >= 0.3 is 0 Å². The zero-order chi connectivity index (χ0) is 20.1. The zero-order valence-electron chi connectivity index (χ0n) is 19.4. The first-order valence-electron chi connectivity index (χ1n) is 12.8. The van der Waals surface area contributed by atoms with Crippen LogP contribution in [0.3, 0.4) is 0 Å². The summed E-state index contributed by atoms with van der Waals surface area (Å²) in [4.78, 5) is 4.72. The molecule has 2 heteroatoms. The molecule has 2 unspecified atom stereocenters. The second-order valence-electron chi connectivity index (χ2n) is 10.3. The van der Waals surface area contributed by atoms with Crippen molar-refractivity contribution < 1.29 is 4.74 Å². The number of unbranched alkanes of at least 4 members (excludes halogenated alkanes) is 9. The summed E-state index contributed by atoms with van der Waals surface area (Å²) in [6, 6.07) is 0. The Morgan fingerprint density at radius 2 is 1.32 bits per heavy atom. The van der Waals surface area contributed by atoms with Gasteiger partial charge < -0.3 is 4.74 Å². The average molecular weight is 392 g/mol. The van der Waals surface area contributed by atoms with Crippen LogP contribution >= 0.6 is 0 Å². The Balaban J connectivity index is 1.51. The van der Waals surface area contributed by atoms with Gasteiger partial charge in [0, 0.05) is 6.42 Å². The molecule has 0 bridgehead atoms. The lowest BCUT2D eigenvalue weighted by molar-refractivity contribution is 0.203. The van der Waals surface area contributed by atoms with Gasteiger partial charge in [-0.1, -0.05) is 103 Å². The molecule has 0 saturated heterocycles. The molecule has 2 rings (SSSR count). The summed E-state index contributed by atoms with van der Waals surface area (Å²) in [7, 11) is 0. The second-order valence-corrected chi connectivity index (χ2v) is 10.3. The topological polar surface area (TPSA) is 21.6 Å². The van der Waals surface area contributed by atoms with Gasteiger partial charge in [0.25, 0.3) is 0 Å². The Morgan fingerprint density at radius 1 is 0.786 bits per heavy atom. The number of nitrogens with zero attached hydrogens (tertiary/aromatic N) is 1. The molecule has 1 aliphatic heterocycles. The fourth-order valence-electron chi connectivity index (χ4n) is 5.24. The van der Waals surface area contributed by atoms with Crippen molar-refractivity contribution in [1.29, 1.82) is 0 Å². The normalized spacial score (nSPS) is 24.2. The van der Waals surface area contributed by atoms with Crippen LogP contribution in [0.5, 0.6) is 0 Å². The van der Waals surface area contributed by atoms with Gasteiger partial charge in [-0.25, -0.2) is 4.99 Å². The van der Waals surface area contributed by atoms with E-state index in [-0.39, 0.29) is 5.54 Å². The van der Waals surface area contributed by atoms with Crippen molar-refractivity contribution in [3.63, 3.8) is 0 Å². The number of hydrogen-bond acceptors (Lipinski definition) is 2. The van der Waals surface area contributed by atoms with Crippen LogP contribution in [-0.2, 0) is 4.74 Å². The predicted octanol–water partition coefficient (Wildman–Crippen LogP) is 8.48. The third-order valence-corrected chi connectivity index (χ3v) is 6.98. The van der Waals surface area contributed by atoms with Crippen LogP contribution in [0.25, 0.3) is 0 Å². The van der Waals surface area contributed by atoms with Gasteiger partial charge in [0.2, 0.25) is 0 Å². The van der Waals surface area contributed by atoms with E-state index in [2.05, 4.69) is 20.8 Å². The number of aliphatic imine (C=N–C) groups is 1. The van der Waals surface area contributed by atoms with Gasteiger partial charge in [-0.2, -0.15) is 0 Å². The summed E-state index contributed by atoms with van der Waals surface area (Å²) in [5.74, 6) is 3.00. The number of hydrogen-bond donors (Lipinski definition) is 0. The van der Waals surface area contributed by atoms with Crippen molar-refractivity contribution in [2.75, 3.05) is 6.61 Å². The molecule has 0 aromatic carbocycles. The Labute approximate surface area is 176 Å². The van der Waals surface area contributed by atoms with Crippen LogP contribution in [0.15, 0.2) is 4.99 Å². The van der Waals surface area contributed by atoms with Crippen molar-refractivity contribution in [3.8, 4) is 0 Å². The molecule has 0 aromatic heterocycles. The summed E-state index contributed by atoms with van der Waals surface area (Å²) in [6.07, 6.45) is 25.7. The Kier molecular flexibility index (Phi) is 11.6. The maximum absolute atomic E-state index is 5.77. The van der Waals surface area contributed by atoms with Gasteiger partial charge in [0.1, 0.15) is 6.61 Å². The highest BCUT2D eigenvalue weighted by molar-refractivity contribution is 5.78. The molecule has 1 fully saturated rings. The summed E-state index contributed by atoms with van der Waals surface area (Å²) in [6.45, 7) is 7.41. The van der Waals surface area contributed by atoms with E-state index in [0.717, 1.165) is 30.8 Å².